The fourth-order valence-corrected chi connectivity index (χ4v) is 3.41. The number of rotatable bonds is 3. The van der Waals surface area contributed by atoms with Crippen molar-refractivity contribution in [3.8, 4) is 0 Å². The second-order valence-electron chi connectivity index (χ2n) is 6.07. The summed E-state index contributed by atoms with van der Waals surface area (Å²) in [5, 5.41) is 9.71. The van der Waals surface area contributed by atoms with Crippen LogP contribution in [0.15, 0.2) is 12.4 Å². The summed E-state index contributed by atoms with van der Waals surface area (Å²) in [7, 11) is 0. The third-order valence-electron chi connectivity index (χ3n) is 4.68. The molecular weight excluding hydrogens is 302 g/mol. The van der Waals surface area contributed by atoms with Gasteiger partial charge in [0.05, 0.1) is 12.4 Å². The van der Waals surface area contributed by atoms with Gasteiger partial charge in [-0.1, -0.05) is 0 Å². The van der Waals surface area contributed by atoms with Crippen molar-refractivity contribution in [1.29, 1.82) is 0 Å². The molecule has 1 aromatic rings. The number of carboxylic acid groups (broad SMARTS) is 1. The largest absolute Gasteiger partial charge is 0.481 e. The van der Waals surface area contributed by atoms with Crippen molar-refractivity contribution in [3.63, 3.8) is 0 Å². The van der Waals surface area contributed by atoms with Gasteiger partial charge in [-0.05, 0) is 0 Å². The van der Waals surface area contributed by atoms with Crippen LogP contribution >= 0.6 is 0 Å². The topological polar surface area (TPSA) is 130 Å². The van der Waals surface area contributed by atoms with Crippen LogP contribution in [0.1, 0.15) is 17.4 Å². The second-order valence-corrected chi connectivity index (χ2v) is 6.07. The summed E-state index contributed by atoms with van der Waals surface area (Å²) in [5.41, 5.74) is 4.22. The lowest BCUT2D eigenvalue weighted by atomic mass is 9.81. The van der Waals surface area contributed by atoms with Crippen molar-refractivity contribution in [2.75, 3.05) is 31.1 Å². The molecule has 3 heterocycles. The molecule has 9 nitrogen and oxygen atoms in total. The minimum atomic E-state index is -1.02. The molecule has 2 amide bonds. The maximum atomic E-state index is 11.9. The van der Waals surface area contributed by atoms with E-state index in [2.05, 4.69) is 9.97 Å². The fourth-order valence-electron chi connectivity index (χ4n) is 3.41. The molecule has 9 heteroatoms. The van der Waals surface area contributed by atoms with Gasteiger partial charge < -0.3 is 20.6 Å². The Bertz CT molecular complexity index is 694. The van der Waals surface area contributed by atoms with Gasteiger partial charge in [0.1, 0.15) is 16.9 Å². The summed E-state index contributed by atoms with van der Waals surface area (Å²) < 4.78 is 0. The number of hydrogen-bond acceptors (Lipinski definition) is 6. The SMILES string of the molecule is CC(=O)N1C[C@@H]2CN(c3cncc(C(N)=O)n3)C[C@]2(C(=O)O)C1. The number of anilines is 1. The average Bonchev–Trinajstić information content (AvgIpc) is 3.02. The highest BCUT2D eigenvalue weighted by Crippen LogP contribution is 2.43. The van der Waals surface area contributed by atoms with Crippen molar-refractivity contribution in [2.24, 2.45) is 17.1 Å². The molecule has 3 rings (SSSR count). The Kier molecular flexibility index (Phi) is 3.42. The van der Waals surface area contributed by atoms with E-state index in [1.165, 1.54) is 19.3 Å². The van der Waals surface area contributed by atoms with Gasteiger partial charge in [-0.15, -0.1) is 0 Å². The lowest BCUT2D eigenvalue weighted by Gasteiger charge is -2.25. The van der Waals surface area contributed by atoms with Crippen LogP contribution in [0.5, 0.6) is 0 Å². The first-order valence-corrected chi connectivity index (χ1v) is 7.19. The first kappa shape index (κ1) is 15.2. The Morgan fingerprint density at radius 2 is 2.04 bits per heavy atom. The standard InChI is InChI=1S/C14H17N5O4/c1-8(20)18-4-9-5-19(7-14(9,6-18)13(22)23)11-3-16-2-10(17-11)12(15)21/h2-3,9H,4-7H2,1H3,(H2,15,21)(H,22,23)/t9-,14-/m1/s1. The monoisotopic (exact) mass is 319 g/mol. The van der Waals surface area contributed by atoms with Gasteiger partial charge in [-0.25, -0.2) is 4.98 Å². The third kappa shape index (κ3) is 2.37. The number of amides is 2. The number of hydrogen-bond donors (Lipinski definition) is 2. The molecule has 2 fully saturated rings. The normalized spacial score (nSPS) is 26.2. The number of aromatic nitrogens is 2. The van der Waals surface area contributed by atoms with Gasteiger partial charge >= 0.3 is 5.97 Å². The molecule has 0 radical (unpaired) electrons. The first-order chi connectivity index (χ1) is 10.8. The van der Waals surface area contributed by atoms with Crippen molar-refractivity contribution in [3.05, 3.63) is 18.1 Å². The highest BCUT2D eigenvalue weighted by Gasteiger charge is 2.58. The van der Waals surface area contributed by atoms with Crippen LogP contribution in [-0.2, 0) is 9.59 Å². The van der Waals surface area contributed by atoms with Gasteiger partial charge in [0.2, 0.25) is 5.91 Å². The quantitative estimate of drug-likeness (QED) is 0.726. The lowest BCUT2D eigenvalue weighted by Crippen LogP contribution is -2.41. The van der Waals surface area contributed by atoms with Crippen LogP contribution in [0.3, 0.4) is 0 Å². The minimum absolute atomic E-state index is 0.0364. The number of carbonyl (C=O) groups excluding carboxylic acids is 2. The summed E-state index contributed by atoms with van der Waals surface area (Å²) in [4.78, 5) is 46.1. The zero-order chi connectivity index (χ0) is 16.8. The highest BCUT2D eigenvalue weighted by molar-refractivity contribution is 5.90. The van der Waals surface area contributed by atoms with E-state index in [0.717, 1.165) is 0 Å². The predicted octanol–water partition coefficient (Wildman–Crippen LogP) is -1.06. The Labute approximate surface area is 132 Å². The number of nitrogens with two attached hydrogens (primary N) is 1. The molecule has 3 N–H and O–H groups in total. The molecule has 1 aromatic heterocycles. The fraction of sp³-hybridized carbons (Fsp3) is 0.500. The molecule has 0 bridgehead atoms. The number of primary amides is 1. The lowest BCUT2D eigenvalue weighted by molar-refractivity contribution is -0.148. The van der Waals surface area contributed by atoms with Crippen LogP contribution in [-0.4, -0.2) is 63.9 Å². The van der Waals surface area contributed by atoms with Crippen LogP contribution in [0.25, 0.3) is 0 Å². The Hall–Kier alpha value is -2.71. The molecule has 0 saturated carbocycles. The molecular formula is C14H17N5O4. The first-order valence-electron chi connectivity index (χ1n) is 7.19. The van der Waals surface area contributed by atoms with E-state index >= 15 is 0 Å². The third-order valence-corrected chi connectivity index (χ3v) is 4.68. The summed E-state index contributed by atoms with van der Waals surface area (Å²) in [6, 6.07) is 0. The number of likely N-dealkylation sites (tertiary alicyclic amines) is 1. The van der Waals surface area contributed by atoms with E-state index in [9.17, 15) is 19.5 Å². The van der Waals surface area contributed by atoms with Crippen molar-refractivity contribution in [2.45, 2.75) is 6.92 Å². The summed E-state index contributed by atoms with van der Waals surface area (Å²) in [5.74, 6) is -1.50. The van der Waals surface area contributed by atoms with E-state index in [4.69, 9.17) is 5.73 Å². The van der Waals surface area contributed by atoms with Crippen molar-refractivity contribution < 1.29 is 19.5 Å². The average molecular weight is 319 g/mol. The Morgan fingerprint density at radius 1 is 1.30 bits per heavy atom. The second kappa shape index (κ2) is 5.18. The molecule has 2 aliphatic heterocycles. The van der Waals surface area contributed by atoms with Gasteiger partial charge in [0, 0.05) is 39.0 Å². The van der Waals surface area contributed by atoms with Crippen LogP contribution < -0.4 is 10.6 Å². The maximum Gasteiger partial charge on any atom is 0.313 e. The van der Waals surface area contributed by atoms with E-state index in [-0.39, 0.29) is 30.6 Å². The molecule has 0 unspecified atom stereocenters. The smallest absolute Gasteiger partial charge is 0.313 e. The Morgan fingerprint density at radius 3 is 2.61 bits per heavy atom. The van der Waals surface area contributed by atoms with E-state index in [0.29, 0.717) is 18.9 Å². The molecule has 0 aliphatic carbocycles. The van der Waals surface area contributed by atoms with E-state index in [1.54, 1.807) is 9.80 Å². The van der Waals surface area contributed by atoms with Gasteiger partial charge in [-0.2, -0.15) is 0 Å². The van der Waals surface area contributed by atoms with Crippen LogP contribution in [0, 0.1) is 11.3 Å². The summed E-state index contributed by atoms with van der Waals surface area (Å²) in [6.45, 7) is 2.68. The number of aliphatic carboxylic acids is 1. The van der Waals surface area contributed by atoms with Crippen LogP contribution in [0.4, 0.5) is 5.82 Å². The van der Waals surface area contributed by atoms with E-state index < -0.39 is 17.3 Å². The molecule has 2 atom stereocenters. The highest BCUT2D eigenvalue weighted by atomic mass is 16.4. The number of carboxylic acids is 1. The van der Waals surface area contributed by atoms with E-state index in [1.807, 2.05) is 0 Å². The summed E-state index contributed by atoms with van der Waals surface area (Å²) in [6.07, 6.45) is 2.75. The van der Waals surface area contributed by atoms with Gasteiger partial charge in [-0.3, -0.25) is 19.4 Å². The predicted molar refractivity (Wildman–Crippen MR) is 78.6 cm³/mol. The molecule has 0 aromatic carbocycles. The molecule has 122 valence electrons. The number of carbonyl (C=O) groups is 3. The molecule has 0 spiro atoms. The maximum absolute atomic E-state index is 11.9. The summed E-state index contributed by atoms with van der Waals surface area (Å²) >= 11 is 0. The molecule has 2 aliphatic rings. The number of fused-ring (bicyclic) bond motifs is 1. The van der Waals surface area contributed by atoms with Crippen molar-refractivity contribution in [1.82, 2.24) is 14.9 Å². The van der Waals surface area contributed by atoms with Gasteiger partial charge in [0.25, 0.3) is 5.91 Å². The van der Waals surface area contributed by atoms with Crippen molar-refractivity contribution >= 4 is 23.6 Å². The zero-order valence-electron chi connectivity index (χ0n) is 12.6. The minimum Gasteiger partial charge on any atom is -0.481 e. The Balaban J connectivity index is 1.88. The van der Waals surface area contributed by atoms with Gasteiger partial charge in [0.15, 0.2) is 0 Å². The zero-order valence-corrected chi connectivity index (χ0v) is 12.6. The molecule has 2 saturated heterocycles. The molecule has 23 heavy (non-hydrogen) atoms. The van der Waals surface area contributed by atoms with Crippen LogP contribution in [0.2, 0.25) is 0 Å². The number of nitrogens with zero attached hydrogens (tertiary/aromatic N) is 4.